The number of benzene rings is 1. The molecular formula is C14H12F3IN4O3. The van der Waals surface area contributed by atoms with E-state index in [1.165, 1.54) is 26.2 Å². The van der Waals surface area contributed by atoms with E-state index in [2.05, 4.69) is 10.3 Å². The number of methoxy groups -OCH3 is 1. The minimum absolute atomic E-state index is 0.0484. The van der Waals surface area contributed by atoms with Crippen LogP contribution >= 0.6 is 22.6 Å². The fourth-order valence-corrected chi connectivity index (χ4v) is 3.49. The molecule has 1 aliphatic rings. The van der Waals surface area contributed by atoms with Crippen molar-refractivity contribution in [2.45, 2.75) is 25.2 Å². The van der Waals surface area contributed by atoms with Crippen LogP contribution in [0.1, 0.15) is 13.3 Å². The van der Waals surface area contributed by atoms with Crippen LogP contribution in [-0.4, -0.2) is 34.7 Å². The smallest absolute Gasteiger partial charge is 0.440 e. The summed E-state index contributed by atoms with van der Waals surface area (Å²) < 4.78 is 48.1. The Kier molecular flexibility index (Phi) is 4.08. The van der Waals surface area contributed by atoms with Gasteiger partial charge in [-0.05, 0) is 34.7 Å². The number of halogens is 4. The van der Waals surface area contributed by atoms with Gasteiger partial charge in [-0.3, -0.25) is 19.5 Å². The van der Waals surface area contributed by atoms with Crippen molar-refractivity contribution in [3.8, 4) is 5.75 Å². The minimum Gasteiger partial charge on any atom is -0.496 e. The first kappa shape index (κ1) is 17.8. The number of hydrogen-bond acceptors (Lipinski definition) is 4. The largest absolute Gasteiger partial charge is 0.496 e. The lowest BCUT2D eigenvalue weighted by molar-refractivity contribution is -0.217. The number of nitrogens with zero attached hydrogens (tertiary/aromatic N) is 2. The number of nitrogens with one attached hydrogen (secondary N) is 2. The molecule has 0 spiro atoms. The molecule has 0 radical (unpaired) electrons. The summed E-state index contributed by atoms with van der Waals surface area (Å²) in [6.07, 6.45) is -5.29. The third kappa shape index (κ3) is 2.35. The lowest BCUT2D eigenvalue weighted by atomic mass is 10.1. The van der Waals surface area contributed by atoms with Crippen molar-refractivity contribution in [2.24, 2.45) is 0 Å². The number of imidazole rings is 1. The van der Waals surface area contributed by atoms with Crippen LogP contribution in [0.15, 0.2) is 12.1 Å². The first-order chi connectivity index (χ1) is 11.7. The van der Waals surface area contributed by atoms with E-state index in [0.717, 1.165) is 0 Å². The maximum Gasteiger partial charge on any atom is 0.440 e. The molecule has 0 fully saturated rings. The second-order valence-corrected chi connectivity index (χ2v) is 6.36. The van der Waals surface area contributed by atoms with Crippen LogP contribution in [0, 0.1) is 3.57 Å². The molecule has 0 saturated carbocycles. The normalized spacial score (nSPS) is 19.7. The Balaban J connectivity index is 2.34. The monoisotopic (exact) mass is 468 g/mol. The highest BCUT2D eigenvalue weighted by atomic mass is 127. The zero-order chi connectivity index (χ0) is 18.6. The van der Waals surface area contributed by atoms with E-state index < -0.39 is 23.7 Å². The Morgan fingerprint density at radius 1 is 1.48 bits per heavy atom. The van der Waals surface area contributed by atoms with Crippen LogP contribution in [-0.2, 0) is 15.3 Å². The zero-order valence-corrected chi connectivity index (χ0v) is 15.2. The Hall–Kier alpha value is -2.05. The van der Waals surface area contributed by atoms with Crippen LogP contribution in [0.2, 0.25) is 0 Å². The summed E-state index contributed by atoms with van der Waals surface area (Å²) in [7, 11) is 1.43. The minimum atomic E-state index is -5.08. The van der Waals surface area contributed by atoms with Crippen LogP contribution in [0.25, 0.3) is 11.0 Å². The van der Waals surface area contributed by atoms with Crippen molar-refractivity contribution in [2.75, 3.05) is 12.4 Å². The number of rotatable bonds is 3. The highest BCUT2D eigenvalue weighted by Gasteiger charge is 2.67. The summed E-state index contributed by atoms with van der Waals surface area (Å²) in [5, 5.41) is 3.94. The number of carbonyl (C=O) groups is 2. The summed E-state index contributed by atoms with van der Waals surface area (Å²) in [5.74, 6) is -2.17. The number of amides is 2. The topological polar surface area (TPSA) is 85.2 Å². The Morgan fingerprint density at radius 3 is 2.72 bits per heavy atom. The van der Waals surface area contributed by atoms with E-state index in [1.807, 2.05) is 27.9 Å². The van der Waals surface area contributed by atoms with Crippen molar-refractivity contribution in [3.05, 3.63) is 15.7 Å². The fourth-order valence-electron chi connectivity index (χ4n) is 2.70. The van der Waals surface area contributed by atoms with E-state index in [9.17, 15) is 22.8 Å². The van der Waals surface area contributed by atoms with Gasteiger partial charge in [0.25, 0.3) is 11.6 Å². The third-order valence-corrected chi connectivity index (χ3v) is 4.93. The quantitative estimate of drug-likeness (QED) is 0.678. The summed E-state index contributed by atoms with van der Waals surface area (Å²) in [4.78, 5) is 28.1. The molecule has 11 heteroatoms. The highest BCUT2D eigenvalue weighted by Crippen LogP contribution is 2.45. The highest BCUT2D eigenvalue weighted by molar-refractivity contribution is 14.1. The van der Waals surface area contributed by atoms with Gasteiger partial charge in [-0.2, -0.15) is 13.2 Å². The summed E-state index contributed by atoms with van der Waals surface area (Å²) in [6.45, 7) is 1.40. The van der Waals surface area contributed by atoms with E-state index in [4.69, 9.17) is 4.74 Å². The Bertz CT molecular complexity index is 896. The van der Waals surface area contributed by atoms with Gasteiger partial charge in [0.2, 0.25) is 11.9 Å². The van der Waals surface area contributed by atoms with Crippen molar-refractivity contribution in [3.63, 3.8) is 0 Å². The van der Waals surface area contributed by atoms with Crippen LogP contribution in [0.3, 0.4) is 0 Å². The van der Waals surface area contributed by atoms with E-state index in [0.29, 0.717) is 13.9 Å². The van der Waals surface area contributed by atoms with E-state index in [-0.39, 0.29) is 23.4 Å². The zero-order valence-electron chi connectivity index (χ0n) is 13.0. The molecule has 0 saturated heterocycles. The molecule has 0 bridgehead atoms. The van der Waals surface area contributed by atoms with Gasteiger partial charge < -0.3 is 10.1 Å². The molecule has 2 amide bonds. The summed E-state index contributed by atoms with van der Waals surface area (Å²) in [6, 6.07) is 2.84. The molecule has 25 heavy (non-hydrogen) atoms. The van der Waals surface area contributed by atoms with Gasteiger partial charge in [0, 0.05) is 6.42 Å². The number of alkyl halides is 3. The van der Waals surface area contributed by atoms with Gasteiger partial charge in [0.15, 0.2) is 0 Å². The predicted molar refractivity (Wildman–Crippen MR) is 90.1 cm³/mol. The molecule has 1 aliphatic heterocycles. The first-order valence-corrected chi connectivity index (χ1v) is 8.19. The predicted octanol–water partition coefficient (Wildman–Crippen LogP) is 2.34. The molecule has 2 aromatic rings. The standard InChI is InChI=1S/C14H12F3IN4O3/c1-3-8(23)21-13(14(15,16)17)11(24)20-12-19-10-6(22(12)13)4-5-7(25-2)9(10)18/h4-5H,3H2,1-2H3,(H,21,23)(H,19,20,24). The lowest BCUT2D eigenvalue weighted by Gasteiger charge is -2.31. The fraction of sp³-hybridized carbons (Fsp3) is 0.357. The second-order valence-electron chi connectivity index (χ2n) is 5.28. The van der Waals surface area contributed by atoms with E-state index >= 15 is 0 Å². The third-order valence-electron chi connectivity index (χ3n) is 3.89. The molecule has 0 aliphatic carbocycles. The molecule has 1 atom stereocenters. The number of anilines is 1. The molecule has 1 aromatic carbocycles. The maximum absolute atomic E-state index is 13.9. The van der Waals surface area contributed by atoms with E-state index in [1.54, 1.807) is 0 Å². The molecule has 3 rings (SSSR count). The first-order valence-electron chi connectivity index (χ1n) is 7.12. The number of fused-ring (bicyclic) bond motifs is 3. The summed E-state index contributed by atoms with van der Waals surface area (Å²) >= 11 is 1.90. The molecule has 1 unspecified atom stereocenters. The van der Waals surface area contributed by atoms with Crippen molar-refractivity contribution in [1.29, 1.82) is 0 Å². The van der Waals surface area contributed by atoms with Crippen molar-refractivity contribution < 1.29 is 27.5 Å². The van der Waals surface area contributed by atoms with Crippen LogP contribution in [0.4, 0.5) is 19.1 Å². The van der Waals surface area contributed by atoms with Gasteiger partial charge in [-0.15, -0.1) is 0 Å². The molecule has 134 valence electrons. The summed E-state index contributed by atoms with van der Waals surface area (Å²) in [5.41, 5.74) is -2.97. The average molecular weight is 468 g/mol. The Labute approximate surface area is 153 Å². The van der Waals surface area contributed by atoms with Crippen LogP contribution < -0.4 is 15.4 Å². The number of aromatic nitrogens is 2. The van der Waals surface area contributed by atoms with Gasteiger partial charge in [0.05, 0.1) is 16.2 Å². The molecule has 7 nitrogen and oxygen atoms in total. The molecular weight excluding hydrogens is 456 g/mol. The number of hydrogen-bond donors (Lipinski definition) is 2. The van der Waals surface area contributed by atoms with Gasteiger partial charge >= 0.3 is 6.18 Å². The average Bonchev–Trinajstić information content (AvgIpc) is 3.03. The number of ether oxygens (including phenoxy) is 1. The number of carbonyl (C=O) groups excluding carboxylic acids is 2. The molecule has 2 heterocycles. The SMILES string of the molecule is CCC(=O)NC1(C(F)(F)F)C(=O)Nc2nc3c(I)c(OC)ccc3n21. The van der Waals surface area contributed by atoms with Crippen molar-refractivity contribution in [1.82, 2.24) is 14.9 Å². The van der Waals surface area contributed by atoms with Crippen LogP contribution in [0.5, 0.6) is 5.75 Å². The van der Waals surface area contributed by atoms with Gasteiger partial charge in [0.1, 0.15) is 11.3 Å². The molecule has 2 N–H and O–H groups in total. The lowest BCUT2D eigenvalue weighted by Crippen LogP contribution is -2.63. The maximum atomic E-state index is 13.9. The Morgan fingerprint density at radius 2 is 2.16 bits per heavy atom. The van der Waals surface area contributed by atoms with Gasteiger partial charge in [-0.25, -0.2) is 4.98 Å². The van der Waals surface area contributed by atoms with Gasteiger partial charge in [-0.1, -0.05) is 6.92 Å². The second kappa shape index (κ2) is 5.75. The molecule has 1 aromatic heterocycles. The van der Waals surface area contributed by atoms with Crippen molar-refractivity contribution >= 4 is 51.4 Å².